The Hall–Kier alpha value is -2.44. The Balaban J connectivity index is 0.000000156. The number of anilines is 4. The third-order valence-electron chi connectivity index (χ3n) is 2.02. The van der Waals surface area contributed by atoms with Crippen LogP contribution in [0.2, 0.25) is 0 Å². The van der Waals surface area contributed by atoms with Crippen molar-refractivity contribution in [3.8, 4) is 0 Å². The predicted molar refractivity (Wildman–Crippen MR) is 79.6 cm³/mol. The van der Waals surface area contributed by atoms with Crippen molar-refractivity contribution in [3.63, 3.8) is 0 Å². The molecule has 1 aliphatic heterocycles. The quantitative estimate of drug-likeness (QED) is 0.356. The van der Waals surface area contributed by atoms with Gasteiger partial charge in [0.2, 0.25) is 0 Å². The molecule has 1 saturated heterocycles. The number of nitrogen functional groups attached to an aromatic ring is 4. The van der Waals surface area contributed by atoms with Gasteiger partial charge in [-0.05, 0) is 48.5 Å². The van der Waals surface area contributed by atoms with Crippen LogP contribution in [0.5, 0.6) is 0 Å². The fraction of sp³-hybridized carbons (Fsp3) is 0.0769. The average Bonchev–Trinajstić information content (AvgIpc) is 3.26. The molecule has 1 aliphatic rings. The molecule has 0 bridgehead atoms. The van der Waals surface area contributed by atoms with E-state index in [1.54, 1.807) is 48.5 Å². The molecule has 0 saturated carbocycles. The number of rotatable bonds is 0. The second kappa shape index (κ2) is 7.80. The maximum Gasteiger partial charge on any atom is 0.141 e. The minimum absolute atomic E-state index is 0.749. The van der Waals surface area contributed by atoms with Gasteiger partial charge >= 0.3 is 0 Å². The molecule has 0 unspecified atom stereocenters. The zero-order valence-corrected chi connectivity index (χ0v) is 10.5. The molecular weight excluding hydrogens is 242 g/mol. The monoisotopic (exact) mass is 261 g/mol. The molecule has 6 nitrogen and oxygen atoms in total. The molecule has 0 spiro atoms. The third-order valence-corrected chi connectivity index (χ3v) is 2.02. The summed E-state index contributed by atoms with van der Waals surface area (Å²) in [5.74, 6) is 0. The summed E-state index contributed by atoms with van der Waals surface area (Å²) in [4.78, 5) is 4.25. The lowest BCUT2D eigenvalue weighted by molar-refractivity contribution is 0.412. The number of hydrogen-bond donors (Lipinski definition) is 5. The van der Waals surface area contributed by atoms with Crippen molar-refractivity contribution in [2.75, 3.05) is 29.7 Å². The molecule has 0 aromatic heterocycles. The van der Waals surface area contributed by atoms with Crippen LogP contribution in [0.15, 0.2) is 48.5 Å². The molecule has 1 fully saturated rings. The van der Waals surface area contributed by atoms with E-state index in [9.17, 15) is 0 Å². The molecule has 102 valence electrons. The smallest absolute Gasteiger partial charge is 0.141 e. The third kappa shape index (κ3) is 8.31. The minimum atomic E-state index is 0.749. The molecule has 3 rings (SSSR count). The Morgan fingerprint density at radius 1 is 0.632 bits per heavy atom. The molecular formula is C13H19N5O. The van der Waals surface area contributed by atoms with Crippen molar-refractivity contribution in [1.82, 2.24) is 5.48 Å². The van der Waals surface area contributed by atoms with Crippen LogP contribution in [0, 0.1) is 0 Å². The van der Waals surface area contributed by atoms with E-state index in [-0.39, 0.29) is 0 Å². The van der Waals surface area contributed by atoms with E-state index in [4.69, 9.17) is 22.9 Å². The second-order valence-corrected chi connectivity index (χ2v) is 3.77. The molecule has 1 heterocycles. The van der Waals surface area contributed by atoms with E-state index in [1.807, 2.05) is 0 Å². The summed E-state index contributed by atoms with van der Waals surface area (Å²) in [6.45, 7) is 0.750. The number of nitrogens with one attached hydrogen (secondary N) is 1. The van der Waals surface area contributed by atoms with Crippen molar-refractivity contribution in [3.05, 3.63) is 48.5 Å². The summed E-state index contributed by atoms with van der Waals surface area (Å²) in [5, 5.41) is 0. The summed E-state index contributed by atoms with van der Waals surface area (Å²) in [6, 6.07) is 14.2. The van der Waals surface area contributed by atoms with E-state index in [0.29, 0.717) is 0 Å². The standard InChI is InChI=1S/2C6H8N2.CH3NO/c2*7-5-1-2-6(8)4-3-5;1-2-3-1/h2*1-4H,7-8H2;2H,1H2. The van der Waals surface area contributed by atoms with Gasteiger partial charge in [0.1, 0.15) is 6.73 Å². The molecule has 6 heteroatoms. The zero-order chi connectivity index (χ0) is 14.1. The van der Waals surface area contributed by atoms with Gasteiger partial charge in [-0.15, -0.1) is 0 Å². The van der Waals surface area contributed by atoms with Crippen molar-refractivity contribution in [1.29, 1.82) is 0 Å². The Bertz CT molecular complexity index is 379. The lowest BCUT2D eigenvalue weighted by Gasteiger charge is -1.90. The van der Waals surface area contributed by atoms with Gasteiger partial charge in [0.05, 0.1) is 0 Å². The Morgan fingerprint density at radius 2 is 0.789 bits per heavy atom. The first-order chi connectivity index (χ1) is 9.08. The van der Waals surface area contributed by atoms with E-state index in [2.05, 4.69) is 10.3 Å². The molecule has 0 radical (unpaired) electrons. The van der Waals surface area contributed by atoms with Gasteiger partial charge in [-0.25, -0.2) is 0 Å². The summed E-state index contributed by atoms with van der Waals surface area (Å²) in [7, 11) is 0. The lowest BCUT2D eigenvalue weighted by Crippen LogP contribution is -1.86. The molecule has 19 heavy (non-hydrogen) atoms. The van der Waals surface area contributed by atoms with Crippen LogP contribution >= 0.6 is 0 Å². The maximum absolute atomic E-state index is 5.37. The molecule has 0 amide bonds. The first-order valence-corrected chi connectivity index (χ1v) is 5.64. The maximum atomic E-state index is 5.37. The van der Waals surface area contributed by atoms with E-state index >= 15 is 0 Å². The highest BCUT2D eigenvalue weighted by molar-refractivity contribution is 5.48. The summed E-state index contributed by atoms with van der Waals surface area (Å²) in [6.07, 6.45) is 0. The molecule has 9 N–H and O–H groups in total. The van der Waals surface area contributed by atoms with E-state index in [0.717, 1.165) is 29.5 Å². The van der Waals surface area contributed by atoms with Crippen LogP contribution < -0.4 is 28.4 Å². The highest BCUT2D eigenvalue weighted by atomic mass is 16.8. The minimum Gasteiger partial charge on any atom is -0.399 e. The molecule has 2 aromatic rings. The van der Waals surface area contributed by atoms with Crippen LogP contribution in [0.25, 0.3) is 0 Å². The van der Waals surface area contributed by atoms with Gasteiger partial charge in [0.25, 0.3) is 0 Å². The largest absolute Gasteiger partial charge is 0.399 e. The van der Waals surface area contributed by atoms with Crippen molar-refractivity contribution < 1.29 is 4.84 Å². The SMILES string of the molecule is C1NO1.Nc1ccc(N)cc1.Nc1ccc(N)cc1. The normalized spacial score (nSPS) is 11.4. The van der Waals surface area contributed by atoms with Gasteiger partial charge in [-0.3, -0.25) is 4.84 Å². The summed E-state index contributed by atoms with van der Waals surface area (Å²) in [5.41, 5.74) is 27.0. The van der Waals surface area contributed by atoms with Crippen LogP contribution in [-0.4, -0.2) is 6.73 Å². The molecule has 0 aliphatic carbocycles. The fourth-order valence-corrected chi connectivity index (χ4v) is 0.992. The predicted octanol–water partition coefficient (Wildman–Crippen LogP) is 1.18. The topological polar surface area (TPSA) is 139 Å². The van der Waals surface area contributed by atoms with Gasteiger partial charge < -0.3 is 22.9 Å². The van der Waals surface area contributed by atoms with Crippen molar-refractivity contribution in [2.24, 2.45) is 0 Å². The summed E-state index contributed by atoms with van der Waals surface area (Å²) >= 11 is 0. The van der Waals surface area contributed by atoms with Crippen LogP contribution in [-0.2, 0) is 4.84 Å². The highest BCUT2D eigenvalue weighted by Gasteiger charge is 1.91. The van der Waals surface area contributed by atoms with Gasteiger partial charge in [-0.1, -0.05) is 0 Å². The highest BCUT2D eigenvalue weighted by Crippen LogP contribution is 2.05. The van der Waals surface area contributed by atoms with Gasteiger partial charge in [-0.2, -0.15) is 5.48 Å². The molecule has 0 atom stereocenters. The van der Waals surface area contributed by atoms with E-state index in [1.165, 1.54) is 0 Å². The fourth-order valence-electron chi connectivity index (χ4n) is 0.992. The first kappa shape index (κ1) is 14.6. The number of hydrogen-bond acceptors (Lipinski definition) is 6. The zero-order valence-electron chi connectivity index (χ0n) is 10.5. The number of hydroxylamine groups is 1. The summed E-state index contributed by atoms with van der Waals surface area (Å²) < 4.78 is 0. The van der Waals surface area contributed by atoms with Crippen molar-refractivity contribution in [2.45, 2.75) is 0 Å². The first-order valence-electron chi connectivity index (χ1n) is 5.64. The lowest BCUT2D eigenvalue weighted by atomic mass is 10.3. The second-order valence-electron chi connectivity index (χ2n) is 3.77. The Labute approximate surface area is 112 Å². The van der Waals surface area contributed by atoms with Crippen LogP contribution in [0.4, 0.5) is 22.7 Å². The van der Waals surface area contributed by atoms with Crippen LogP contribution in [0.1, 0.15) is 0 Å². The number of nitrogens with two attached hydrogens (primary N) is 4. The van der Waals surface area contributed by atoms with Crippen LogP contribution in [0.3, 0.4) is 0 Å². The average molecular weight is 261 g/mol. The Morgan fingerprint density at radius 3 is 0.895 bits per heavy atom. The Kier molecular flexibility index (Phi) is 6.00. The van der Waals surface area contributed by atoms with Crippen molar-refractivity contribution >= 4 is 22.7 Å². The van der Waals surface area contributed by atoms with Gasteiger partial charge in [0.15, 0.2) is 0 Å². The molecule has 2 aromatic carbocycles. The number of benzene rings is 2. The van der Waals surface area contributed by atoms with E-state index < -0.39 is 0 Å². The van der Waals surface area contributed by atoms with Gasteiger partial charge in [0, 0.05) is 22.7 Å².